The van der Waals surface area contributed by atoms with Gasteiger partial charge in [-0.1, -0.05) is 11.6 Å². The van der Waals surface area contributed by atoms with Crippen molar-refractivity contribution >= 4 is 17.6 Å². The van der Waals surface area contributed by atoms with Crippen LogP contribution in [-0.2, 0) is 4.74 Å². The van der Waals surface area contributed by atoms with Crippen molar-refractivity contribution in [1.82, 2.24) is 0 Å². The van der Waals surface area contributed by atoms with E-state index in [0.29, 0.717) is 5.56 Å². The maximum absolute atomic E-state index is 13.0. The van der Waals surface area contributed by atoms with E-state index in [-0.39, 0.29) is 10.6 Å². The molecule has 0 aliphatic rings. The second-order valence-corrected chi connectivity index (χ2v) is 2.98. The molecule has 1 aromatic carbocycles. The average Bonchev–Trinajstić information content (AvgIpc) is 2.10. The maximum Gasteiger partial charge on any atom is 0.339 e. The molecule has 2 nitrogen and oxygen atoms in total. The molecule has 0 unspecified atom stereocenters. The average molecular weight is 203 g/mol. The third-order valence-electron chi connectivity index (χ3n) is 1.58. The fraction of sp³-hybridized carbons (Fsp3) is 0.222. The number of hydrogen-bond acceptors (Lipinski definition) is 2. The van der Waals surface area contributed by atoms with Gasteiger partial charge in [-0.15, -0.1) is 0 Å². The van der Waals surface area contributed by atoms with Crippen molar-refractivity contribution in [3.8, 4) is 0 Å². The minimum Gasteiger partial charge on any atom is -0.465 e. The molecular weight excluding hydrogens is 195 g/mol. The van der Waals surface area contributed by atoms with Crippen molar-refractivity contribution in [2.75, 3.05) is 7.11 Å². The Morgan fingerprint density at radius 1 is 1.54 bits per heavy atom. The molecule has 13 heavy (non-hydrogen) atoms. The highest BCUT2D eigenvalue weighted by Crippen LogP contribution is 2.22. The van der Waals surface area contributed by atoms with E-state index in [4.69, 9.17) is 11.6 Å². The highest BCUT2D eigenvalue weighted by Gasteiger charge is 2.14. The standard InChI is InChI=1S/C9H8ClFO2/c1-5-3-6(9(12)13-2)8(10)7(11)4-5/h3-4H,1-2H3. The summed E-state index contributed by atoms with van der Waals surface area (Å²) in [6, 6.07) is 2.74. The number of benzene rings is 1. The number of methoxy groups -OCH3 is 1. The summed E-state index contributed by atoms with van der Waals surface area (Å²) in [5, 5.41) is -0.197. The lowest BCUT2D eigenvalue weighted by atomic mass is 10.1. The van der Waals surface area contributed by atoms with Crippen LogP contribution in [0, 0.1) is 12.7 Å². The number of hydrogen-bond donors (Lipinski definition) is 0. The lowest BCUT2D eigenvalue weighted by Gasteiger charge is -2.04. The van der Waals surface area contributed by atoms with Crippen molar-refractivity contribution in [1.29, 1.82) is 0 Å². The fourth-order valence-corrected chi connectivity index (χ4v) is 1.17. The molecule has 0 bridgehead atoms. The van der Waals surface area contributed by atoms with Crippen LogP contribution in [0.5, 0.6) is 0 Å². The number of carbonyl (C=O) groups is 1. The van der Waals surface area contributed by atoms with Gasteiger partial charge in [0.15, 0.2) is 0 Å². The van der Waals surface area contributed by atoms with Gasteiger partial charge in [-0.2, -0.15) is 0 Å². The van der Waals surface area contributed by atoms with E-state index in [1.165, 1.54) is 19.2 Å². The fourth-order valence-electron chi connectivity index (χ4n) is 0.983. The van der Waals surface area contributed by atoms with Gasteiger partial charge in [-0.3, -0.25) is 0 Å². The van der Waals surface area contributed by atoms with Crippen molar-refractivity contribution in [3.63, 3.8) is 0 Å². The summed E-state index contributed by atoms with van der Waals surface area (Å²) in [6.45, 7) is 1.67. The van der Waals surface area contributed by atoms with Crippen molar-refractivity contribution < 1.29 is 13.9 Å². The Balaban J connectivity index is 3.28. The van der Waals surface area contributed by atoms with Crippen LogP contribution in [0.15, 0.2) is 12.1 Å². The highest BCUT2D eigenvalue weighted by atomic mass is 35.5. The molecule has 70 valence electrons. The Hall–Kier alpha value is -1.09. The molecule has 1 rings (SSSR count). The first kappa shape index (κ1) is 9.99. The number of carbonyl (C=O) groups excluding carboxylic acids is 1. The van der Waals surface area contributed by atoms with Gasteiger partial charge < -0.3 is 4.74 Å². The third-order valence-corrected chi connectivity index (χ3v) is 1.96. The van der Waals surface area contributed by atoms with E-state index in [2.05, 4.69) is 4.74 Å². The van der Waals surface area contributed by atoms with E-state index in [1.807, 2.05) is 0 Å². The van der Waals surface area contributed by atoms with Gasteiger partial charge >= 0.3 is 5.97 Å². The van der Waals surface area contributed by atoms with Crippen LogP contribution in [0.3, 0.4) is 0 Å². The maximum atomic E-state index is 13.0. The second kappa shape index (κ2) is 3.75. The number of esters is 1. The minimum absolute atomic E-state index is 0.0571. The topological polar surface area (TPSA) is 26.3 Å². The Labute approximate surface area is 80.3 Å². The third kappa shape index (κ3) is 1.98. The van der Waals surface area contributed by atoms with Gasteiger partial charge in [-0.05, 0) is 24.6 Å². The highest BCUT2D eigenvalue weighted by molar-refractivity contribution is 6.33. The molecule has 0 heterocycles. The molecule has 0 atom stereocenters. The number of ether oxygens (including phenoxy) is 1. The Kier molecular flexibility index (Phi) is 2.88. The molecule has 0 aliphatic heterocycles. The lowest BCUT2D eigenvalue weighted by molar-refractivity contribution is 0.0600. The number of halogens is 2. The molecule has 0 radical (unpaired) electrons. The Morgan fingerprint density at radius 3 is 2.69 bits per heavy atom. The largest absolute Gasteiger partial charge is 0.465 e. The zero-order chi connectivity index (χ0) is 10.0. The zero-order valence-corrected chi connectivity index (χ0v) is 7.98. The van der Waals surface area contributed by atoms with Crippen molar-refractivity contribution in [2.24, 2.45) is 0 Å². The Morgan fingerprint density at radius 2 is 2.15 bits per heavy atom. The molecule has 0 aromatic heterocycles. The van der Waals surface area contributed by atoms with E-state index in [0.717, 1.165) is 0 Å². The molecule has 0 spiro atoms. The van der Waals surface area contributed by atoms with Crippen LogP contribution < -0.4 is 0 Å². The number of rotatable bonds is 1. The quantitative estimate of drug-likeness (QED) is 0.655. The molecule has 0 aliphatic carbocycles. The van der Waals surface area contributed by atoms with Crippen molar-refractivity contribution in [3.05, 3.63) is 34.1 Å². The summed E-state index contributed by atoms with van der Waals surface area (Å²) in [5.74, 6) is -1.24. The van der Waals surface area contributed by atoms with Crippen LogP contribution in [0.25, 0.3) is 0 Å². The summed E-state index contributed by atoms with van der Waals surface area (Å²) in [6.07, 6.45) is 0. The molecule has 4 heteroatoms. The van der Waals surface area contributed by atoms with E-state index in [1.54, 1.807) is 6.92 Å². The van der Waals surface area contributed by atoms with Crippen LogP contribution in [0.2, 0.25) is 5.02 Å². The smallest absolute Gasteiger partial charge is 0.339 e. The summed E-state index contributed by atoms with van der Waals surface area (Å²) >= 11 is 5.56. The minimum atomic E-state index is -0.632. The number of aryl methyl sites for hydroxylation is 1. The van der Waals surface area contributed by atoms with Crippen LogP contribution in [0.4, 0.5) is 4.39 Å². The van der Waals surface area contributed by atoms with Gasteiger partial charge in [-0.25, -0.2) is 9.18 Å². The van der Waals surface area contributed by atoms with Gasteiger partial charge in [0.25, 0.3) is 0 Å². The summed E-state index contributed by atoms with van der Waals surface area (Å²) in [4.78, 5) is 11.1. The Bertz CT molecular complexity index is 350. The van der Waals surface area contributed by atoms with Gasteiger partial charge in [0.05, 0.1) is 17.7 Å². The monoisotopic (exact) mass is 202 g/mol. The van der Waals surface area contributed by atoms with E-state index >= 15 is 0 Å². The van der Waals surface area contributed by atoms with Gasteiger partial charge in [0.2, 0.25) is 0 Å². The molecular formula is C9H8ClFO2. The molecule has 0 N–H and O–H groups in total. The first-order valence-electron chi connectivity index (χ1n) is 3.60. The first-order valence-corrected chi connectivity index (χ1v) is 3.98. The predicted octanol–water partition coefficient (Wildman–Crippen LogP) is 2.57. The van der Waals surface area contributed by atoms with Crippen molar-refractivity contribution in [2.45, 2.75) is 6.92 Å². The first-order chi connectivity index (χ1) is 6.06. The van der Waals surface area contributed by atoms with E-state index in [9.17, 15) is 9.18 Å². The molecule has 1 aromatic rings. The normalized spacial score (nSPS) is 9.85. The van der Waals surface area contributed by atoms with Gasteiger partial charge in [0.1, 0.15) is 5.82 Å². The zero-order valence-electron chi connectivity index (χ0n) is 7.23. The molecule has 0 amide bonds. The van der Waals surface area contributed by atoms with Crippen LogP contribution >= 0.6 is 11.6 Å². The summed E-state index contributed by atoms with van der Waals surface area (Å²) < 4.78 is 17.4. The summed E-state index contributed by atoms with van der Waals surface area (Å²) in [5.41, 5.74) is 0.684. The lowest BCUT2D eigenvalue weighted by Crippen LogP contribution is -2.03. The van der Waals surface area contributed by atoms with Crippen LogP contribution in [0.1, 0.15) is 15.9 Å². The summed E-state index contributed by atoms with van der Waals surface area (Å²) in [7, 11) is 1.22. The predicted molar refractivity (Wildman–Crippen MR) is 47.5 cm³/mol. The van der Waals surface area contributed by atoms with Crippen LogP contribution in [-0.4, -0.2) is 13.1 Å². The van der Waals surface area contributed by atoms with E-state index < -0.39 is 11.8 Å². The molecule has 0 saturated carbocycles. The molecule has 0 saturated heterocycles. The van der Waals surface area contributed by atoms with Gasteiger partial charge in [0, 0.05) is 0 Å². The molecule has 0 fully saturated rings. The SMILES string of the molecule is COC(=O)c1cc(C)cc(F)c1Cl. The second-order valence-electron chi connectivity index (χ2n) is 2.60.